The number of hydrogen-bond acceptors (Lipinski definition) is 4. The Bertz CT molecular complexity index is 591. The zero-order valence-corrected chi connectivity index (χ0v) is 12.5. The van der Waals surface area contributed by atoms with Gasteiger partial charge in [0.1, 0.15) is 0 Å². The first-order valence-corrected chi connectivity index (χ1v) is 7.44. The van der Waals surface area contributed by atoms with E-state index in [1.807, 2.05) is 13.0 Å². The minimum Gasteiger partial charge on any atom is -0.378 e. The molecule has 110 valence electrons. The van der Waals surface area contributed by atoms with Crippen LogP contribution in [0.15, 0.2) is 18.2 Å². The Hall–Kier alpha value is -1.70. The second-order valence-corrected chi connectivity index (χ2v) is 6.18. The van der Waals surface area contributed by atoms with Crippen LogP contribution in [0.4, 0.5) is 0 Å². The molecule has 2 aliphatic heterocycles. The van der Waals surface area contributed by atoms with Gasteiger partial charge < -0.3 is 4.74 Å². The van der Waals surface area contributed by atoms with Gasteiger partial charge in [0.15, 0.2) is 5.78 Å². The number of benzene rings is 1. The van der Waals surface area contributed by atoms with Crippen LogP contribution >= 0.6 is 0 Å². The van der Waals surface area contributed by atoms with Crippen molar-refractivity contribution in [2.45, 2.75) is 31.8 Å². The number of nitriles is 1. The predicted octanol–water partition coefficient (Wildman–Crippen LogP) is 2.16. The van der Waals surface area contributed by atoms with Crippen molar-refractivity contribution in [3.8, 4) is 6.07 Å². The Labute approximate surface area is 125 Å². The SMILES string of the molecule is Cc1cc(C(=O)C2CC3COCC(C2)N3C)ccc1C#N. The van der Waals surface area contributed by atoms with Crippen molar-refractivity contribution in [2.75, 3.05) is 20.3 Å². The number of carbonyl (C=O) groups excluding carboxylic acids is 1. The third-order valence-corrected chi connectivity index (χ3v) is 4.89. The highest BCUT2D eigenvalue weighted by Gasteiger charge is 2.39. The maximum atomic E-state index is 12.7. The minimum absolute atomic E-state index is 0.0763. The molecule has 4 heteroatoms. The zero-order valence-electron chi connectivity index (χ0n) is 12.5. The minimum atomic E-state index is 0.0763. The van der Waals surface area contributed by atoms with E-state index in [1.54, 1.807) is 12.1 Å². The molecule has 0 amide bonds. The molecule has 2 fully saturated rings. The Morgan fingerprint density at radius 3 is 2.57 bits per heavy atom. The first-order chi connectivity index (χ1) is 10.1. The second kappa shape index (κ2) is 5.59. The van der Waals surface area contributed by atoms with Gasteiger partial charge in [0, 0.05) is 23.6 Å². The van der Waals surface area contributed by atoms with E-state index in [9.17, 15) is 4.79 Å². The molecule has 2 atom stereocenters. The molecule has 0 saturated carbocycles. The lowest BCUT2D eigenvalue weighted by atomic mass is 9.80. The summed E-state index contributed by atoms with van der Waals surface area (Å²) in [6.45, 7) is 3.33. The Morgan fingerprint density at radius 2 is 2.00 bits per heavy atom. The van der Waals surface area contributed by atoms with E-state index in [1.165, 1.54) is 0 Å². The van der Waals surface area contributed by atoms with Crippen LogP contribution in [-0.2, 0) is 4.74 Å². The molecule has 0 aromatic heterocycles. The molecule has 4 nitrogen and oxygen atoms in total. The van der Waals surface area contributed by atoms with Crippen molar-refractivity contribution in [3.05, 3.63) is 34.9 Å². The van der Waals surface area contributed by atoms with Gasteiger partial charge in [-0.25, -0.2) is 0 Å². The number of ketones is 1. The van der Waals surface area contributed by atoms with Crippen LogP contribution in [0.2, 0.25) is 0 Å². The van der Waals surface area contributed by atoms with E-state index in [4.69, 9.17) is 10.00 Å². The number of piperidine rings is 1. The first kappa shape index (κ1) is 14.2. The molecule has 1 aromatic rings. The molecule has 0 spiro atoms. The summed E-state index contributed by atoms with van der Waals surface area (Å²) < 4.78 is 5.60. The van der Waals surface area contributed by atoms with Gasteiger partial charge in [-0.15, -0.1) is 0 Å². The van der Waals surface area contributed by atoms with Crippen molar-refractivity contribution in [1.29, 1.82) is 5.26 Å². The van der Waals surface area contributed by atoms with Gasteiger partial charge in [0.25, 0.3) is 0 Å². The average molecular weight is 284 g/mol. The monoisotopic (exact) mass is 284 g/mol. The standard InChI is InChI=1S/C17H20N2O2/c1-11-5-12(3-4-13(11)8-18)17(20)14-6-15-9-21-10-16(7-14)19(15)2/h3-5,14-16H,6-7,9-10H2,1-2H3. The summed E-state index contributed by atoms with van der Waals surface area (Å²) >= 11 is 0. The fourth-order valence-electron chi connectivity index (χ4n) is 3.49. The summed E-state index contributed by atoms with van der Waals surface area (Å²) in [7, 11) is 2.13. The molecule has 2 aliphatic rings. The van der Waals surface area contributed by atoms with E-state index < -0.39 is 0 Å². The van der Waals surface area contributed by atoms with E-state index in [2.05, 4.69) is 18.0 Å². The topological polar surface area (TPSA) is 53.3 Å². The Morgan fingerprint density at radius 1 is 1.33 bits per heavy atom. The van der Waals surface area contributed by atoms with Crippen LogP contribution in [0.5, 0.6) is 0 Å². The molecule has 3 rings (SSSR count). The van der Waals surface area contributed by atoms with E-state index in [0.29, 0.717) is 17.6 Å². The van der Waals surface area contributed by atoms with Crippen LogP contribution in [0.3, 0.4) is 0 Å². The van der Waals surface area contributed by atoms with Crippen LogP contribution < -0.4 is 0 Å². The van der Waals surface area contributed by atoms with Gasteiger partial charge in [0.05, 0.1) is 24.8 Å². The molecule has 0 N–H and O–H groups in total. The van der Waals surface area contributed by atoms with E-state index in [-0.39, 0.29) is 11.7 Å². The largest absolute Gasteiger partial charge is 0.378 e. The molecule has 0 radical (unpaired) electrons. The van der Waals surface area contributed by atoms with Crippen molar-refractivity contribution in [2.24, 2.45) is 5.92 Å². The van der Waals surface area contributed by atoms with Crippen molar-refractivity contribution >= 4 is 5.78 Å². The van der Waals surface area contributed by atoms with Gasteiger partial charge in [0.2, 0.25) is 0 Å². The summed E-state index contributed by atoms with van der Waals surface area (Å²) in [5.41, 5.74) is 2.25. The molecule has 0 aliphatic carbocycles. The highest BCUT2D eigenvalue weighted by atomic mass is 16.5. The lowest BCUT2D eigenvalue weighted by molar-refractivity contribution is -0.0702. The lowest BCUT2D eigenvalue weighted by Gasteiger charge is -2.46. The second-order valence-electron chi connectivity index (χ2n) is 6.18. The molecule has 2 saturated heterocycles. The number of carbonyl (C=O) groups is 1. The van der Waals surface area contributed by atoms with Gasteiger partial charge >= 0.3 is 0 Å². The Kier molecular flexibility index (Phi) is 3.79. The summed E-state index contributed by atoms with van der Waals surface area (Å²) in [6, 6.07) is 8.24. The fourth-order valence-corrected chi connectivity index (χ4v) is 3.49. The van der Waals surface area contributed by atoms with Crippen molar-refractivity contribution in [1.82, 2.24) is 4.90 Å². The van der Waals surface area contributed by atoms with Gasteiger partial charge in [-0.1, -0.05) is 6.07 Å². The number of rotatable bonds is 2. The smallest absolute Gasteiger partial charge is 0.166 e. The number of fused-ring (bicyclic) bond motifs is 2. The molecular weight excluding hydrogens is 264 g/mol. The summed E-state index contributed by atoms with van der Waals surface area (Å²) in [5.74, 6) is 0.292. The summed E-state index contributed by atoms with van der Waals surface area (Å²) in [6.07, 6.45) is 1.73. The van der Waals surface area contributed by atoms with Gasteiger partial charge in [-0.05, 0) is 44.5 Å². The maximum Gasteiger partial charge on any atom is 0.166 e. The molecule has 21 heavy (non-hydrogen) atoms. The third-order valence-electron chi connectivity index (χ3n) is 4.89. The third kappa shape index (κ3) is 2.59. The molecular formula is C17H20N2O2. The normalized spacial score (nSPS) is 28.9. The number of nitrogens with zero attached hydrogens (tertiary/aromatic N) is 2. The molecule has 2 unspecified atom stereocenters. The summed E-state index contributed by atoms with van der Waals surface area (Å²) in [5, 5.41) is 8.98. The number of Topliss-reactive ketones (excluding diaryl/α,β-unsaturated/α-hetero) is 1. The highest BCUT2D eigenvalue weighted by Crippen LogP contribution is 2.32. The Balaban J connectivity index is 1.80. The molecule has 2 heterocycles. The molecule has 2 bridgehead atoms. The molecule has 1 aromatic carbocycles. The number of ether oxygens (including phenoxy) is 1. The lowest BCUT2D eigenvalue weighted by Crippen LogP contribution is -2.55. The first-order valence-electron chi connectivity index (χ1n) is 7.44. The summed E-state index contributed by atoms with van der Waals surface area (Å²) in [4.78, 5) is 15.1. The van der Waals surface area contributed by atoms with Crippen LogP contribution in [-0.4, -0.2) is 43.0 Å². The fraction of sp³-hybridized carbons (Fsp3) is 0.529. The van der Waals surface area contributed by atoms with Gasteiger partial charge in [-0.2, -0.15) is 5.26 Å². The van der Waals surface area contributed by atoms with E-state index in [0.717, 1.165) is 37.2 Å². The average Bonchev–Trinajstić information content (AvgIpc) is 2.46. The quantitative estimate of drug-likeness (QED) is 0.781. The number of morpholine rings is 1. The van der Waals surface area contributed by atoms with Crippen molar-refractivity contribution < 1.29 is 9.53 Å². The van der Waals surface area contributed by atoms with Crippen LogP contribution in [0, 0.1) is 24.2 Å². The zero-order chi connectivity index (χ0) is 15.0. The maximum absolute atomic E-state index is 12.7. The predicted molar refractivity (Wildman–Crippen MR) is 79.1 cm³/mol. The van der Waals surface area contributed by atoms with Crippen molar-refractivity contribution in [3.63, 3.8) is 0 Å². The number of hydrogen-bond donors (Lipinski definition) is 0. The van der Waals surface area contributed by atoms with Gasteiger partial charge in [-0.3, -0.25) is 9.69 Å². The van der Waals surface area contributed by atoms with Crippen LogP contribution in [0.1, 0.15) is 34.3 Å². The highest BCUT2D eigenvalue weighted by molar-refractivity contribution is 5.98. The van der Waals surface area contributed by atoms with Crippen LogP contribution in [0.25, 0.3) is 0 Å². The number of likely N-dealkylation sites (N-methyl/N-ethyl adjacent to an activating group) is 1. The van der Waals surface area contributed by atoms with E-state index >= 15 is 0 Å². The number of aryl methyl sites for hydroxylation is 1.